The van der Waals surface area contributed by atoms with Crippen LogP contribution in [-0.2, 0) is 54.4 Å². The highest BCUT2D eigenvalue weighted by molar-refractivity contribution is 5.98. The molecular formula is C33H49N9O15. The SMILES string of the molecule is CC(=O)N[C@@H](CO)C(=O)N[C@@H](CC(N)=O)C(=O)N[C@H](C(=O)N[C@@H](CO)C(=O)N[C@@H](CCC(=O)O)C(=O)N[C@@H](CO)C(=O)N[C@@H](Cc1ccccc1)C(N)=O)[C@@H](C)O. The van der Waals surface area contributed by atoms with Crippen LogP contribution in [0.1, 0.15) is 38.7 Å². The monoisotopic (exact) mass is 811 g/mol. The number of carboxylic acids is 1. The minimum atomic E-state index is -1.95. The topological polar surface area (TPSA) is 408 Å². The molecule has 0 radical (unpaired) electrons. The molecule has 8 atom stereocenters. The van der Waals surface area contributed by atoms with E-state index in [2.05, 4.69) is 31.9 Å². The lowest BCUT2D eigenvalue weighted by Crippen LogP contribution is -2.62. The molecule has 1 aromatic carbocycles. The number of carboxylic acid groups (broad SMARTS) is 1. The van der Waals surface area contributed by atoms with Crippen LogP contribution >= 0.6 is 0 Å². The maximum Gasteiger partial charge on any atom is 0.303 e. The second kappa shape index (κ2) is 24.3. The summed E-state index contributed by atoms with van der Waals surface area (Å²) in [5.41, 5.74) is 11.2. The van der Waals surface area contributed by atoms with E-state index in [1.807, 2.05) is 5.32 Å². The Morgan fingerprint density at radius 3 is 1.46 bits per heavy atom. The van der Waals surface area contributed by atoms with E-state index in [1.165, 1.54) is 0 Å². The van der Waals surface area contributed by atoms with Gasteiger partial charge in [0.25, 0.3) is 0 Å². The maximum atomic E-state index is 13.2. The number of aliphatic hydroxyl groups is 4. The molecule has 57 heavy (non-hydrogen) atoms. The third-order valence-corrected chi connectivity index (χ3v) is 7.83. The predicted molar refractivity (Wildman–Crippen MR) is 192 cm³/mol. The Morgan fingerprint density at radius 1 is 0.596 bits per heavy atom. The summed E-state index contributed by atoms with van der Waals surface area (Å²) < 4.78 is 0. The summed E-state index contributed by atoms with van der Waals surface area (Å²) in [7, 11) is 0. The Kier molecular flexibility index (Phi) is 20.8. The number of benzene rings is 1. The van der Waals surface area contributed by atoms with Gasteiger partial charge in [0.05, 0.1) is 32.3 Å². The molecule has 24 heteroatoms. The van der Waals surface area contributed by atoms with Gasteiger partial charge in [-0.1, -0.05) is 30.3 Å². The fourth-order valence-electron chi connectivity index (χ4n) is 4.86. The predicted octanol–water partition coefficient (Wildman–Crippen LogP) is -7.77. The molecule has 316 valence electrons. The first kappa shape index (κ1) is 48.8. The van der Waals surface area contributed by atoms with Crippen molar-refractivity contribution in [3.63, 3.8) is 0 Å². The number of amides is 9. The molecule has 0 aliphatic rings. The minimum absolute atomic E-state index is 0.0470. The van der Waals surface area contributed by atoms with Gasteiger partial charge in [-0.2, -0.15) is 0 Å². The average Bonchev–Trinajstić information content (AvgIpc) is 3.14. The summed E-state index contributed by atoms with van der Waals surface area (Å²) >= 11 is 0. The molecule has 1 aromatic rings. The van der Waals surface area contributed by atoms with Gasteiger partial charge in [-0.15, -0.1) is 0 Å². The van der Waals surface area contributed by atoms with E-state index in [1.54, 1.807) is 30.3 Å². The van der Waals surface area contributed by atoms with Gasteiger partial charge >= 0.3 is 5.97 Å². The van der Waals surface area contributed by atoms with Crippen LogP contribution in [-0.4, -0.2) is 153 Å². The summed E-state index contributed by atoms with van der Waals surface area (Å²) in [5, 5.41) is 63.5. The van der Waals surface area contributed by atoms with Gasteiger partial charge in [-0.25, -0.2) is 0 Å². The van der Waals surface area contributed by atoms with Crippen molar-refractivity contribution in [1.29, 1.82) is 0 Å². The van der Waals surface area contributed by atoms with Crippen molar-refractivity contribution in [1.82, 2.24) is 37.2 Å². The molecule has 16 N–H and O–H groups in total. The lowest BCUT2D eigenvalue weighted by atomic mass is 10.0. The van der Waals surface area contributed by atoms with Crippen LogP contribution in [0.3, 0.4) is 0 Å². The average molecular weight is 812 g/mol. The van der Waals surface area contributed by atoms with Gasteiger partial charge in [0, 0.05) is 19.8 Å². The fourth-order valence-corrected chi connectivity index (χ4v) is 4.86. The molecule has 0 saturated heterocycles. The van der Waals surface area contributed by atoms with Crippen molar-refractivity contribution in [3.8, 4) is 0 Å². The number of rotatable bonds is 25. The standard InChI is InChI=1S/C33H49N9O15/c1-15(46)26(42-29(53)20(11-24(34)48)39-30(54)21(12-43)36-16(2)47)33(57)41-23(14-45)31(55)37-18(8-9-25(49)50)28(52)40-22(13-44)32(56)38-19(27(35)51)10-17-6-4-3-5-7-17/h3-7,15,18-23,26,43-46H,8-14H2,1-2H3,(H2,34,48)(H2,35,51)(H,36,47)(H,37,55)(H,38,56)(H,39,54)(H,40,52)(H,41,57)(H,42,53)(H,49,50)/t15-,18+,19+,20+,21+,22+,23+,26+/m1/s1. The normalized spacial score (nSPS) is 15.0. The molecule has 0 spiro atoms. The Balaban J connectivity index is 3.15. The van der Waals surface area contributed by atoms with Crippen LogP contribution in [0.15, 0.2) is 30.3 Å². The largest absolute Gasteiger partial charge is 0.481 e. The van der Waals surface area contributed by atoms with E-state index in [9.17, 15) is 73.5 Å². The second-order valence-corrected chi connectivity index (χ2v) is 12.5. The van der Waals surface area contributed by atoms with Gasteiger partial charge in [0.15, 0.2) is 0 Å². The highest BCUT2D eigenvalue weighted by Gasteiger charge is 2.35. The van der Waals surface area contributed by atoms with Crippen LogP contribution in [0.2, 0.25) is 0 Å². The summed E-state index contributed by atoms with van der Waals surface area (Å²) in [6.45, 7) is -1.06. The van der Waals surface area contributed by atoms with E-state index in [-0.39, 0.29) is 6.42 Å². The summed E-state index contributed by atoms with van der Waals surface area (Å²) in [5.74, 6) is -11.5. The van der Waals surface area contributed by atoms with Crippen molar-refractivity contribution < 1.29 is 73.5 Å². The zero-order chi connectivity index (χ0) is 43.4. The lowest BCUT2D eigenvalue weighted by Gasteiger charge is -2.27. The van der Waals surface area contributed by atoms with Crippen molar-refractivity contribution in [3.05, 3.63) is 35.9 Å². The van der Waals surface area contributed by atoms with Crippen LogP contribution in [0.25, 0.3) is 0 Å². The number of aliphatic carboxylic acids is 1. The number of aliphatic hydroxyl groups excluding tert-OH is 4. The molecule has 0 aliphatic heterocycles. The first-order valence-corrected chi connectivity index (χ1v) is 17.2. The summed E-state index contributed by atoms with van der Waals surface area (Å²) in [6.07, 6.45) is -4.00. The number of hydrogen-bond acceptors (Lipinski definition) is 14. The van der Waals surface area contributed by atoms with E-state index in [0.717, 1.165) is 13.8 Å². The van der Waals surface area contributed by atoms with Gasteiger partial charge in [0.2, 0.25) is 53.2 Å². The Labute approximate surface area is 324 Å². The van der Waals surface area contributed by atoms with E-state index in [4.69, 9.17) is 11.5 Å². The number of primary amides is 2. The Hall–Kier alpha value is -6.24. The zero-order valence-electron chi connectivity index (χ0n) is 30.9. The Morgan fingerprint density at radius 2 is 1.02 bits per heavy atom. The van der Waals surface area contributed by atoms with Crippen LogP contribution in [0.4, 0.5) is 0 Å². The summed E-state index contributed by atoms with van der Waals surface area (Å²) in [6, 6.07) is -3.68. The quantitative estimate of drug-likeness (QED) is 0.0436. The molecule has 0 fully saturated rings. The first-order valence-electron chi connectivity index (χ1n) is 17.2. The van der Waals surface area contributed by atoms with E-state index < -0.39 is 147 Å². The molecular weight excluding hydrogens is 762 g/mol. The second-order valence-electron chi connectivity index (χ2n) is 12.5. The molecule has 0 aromatic heterocycles. The number of carbonyl (C=O) groups is 10. The van der Waals surface area contributed by atoms with Crippen LogP contribution < -0.4 is 48.7 Å². The highest BCUT2D eigenvalue weighted by Crippen LogP contribution is 2.06. The number of nitrogens with one attached hydrogen (secondary N) is 7. The molecule has 0 heterocycles. The molecule has 1 rings (SSSR count). The summed E-state index contributed by atoms with van der Waals surface area (Å²) in [4.78, 5) is 125. The third-order valence-electron chi connectivity index (χ3n) is 7.83. The van der Waals surface area contributed by atoms with Crippen molar-refractivity contribution in [2.75, 3.05) is 19.8 Å². The minimum Gasteiger partial charge on any atom is -0.481 e. The Bertz CT molecular complexity index is 1610. The highest BCUT2D eigenvalue weighted by atomic mass is 16.4. The maximum absolute atomic E-state index is 13.2. The molecule has 24 nitrogen and oxygen atoms in total. The molecule has 9 amide bonds. The van der Waals surface area contributed by atoms with Gasteiger partial charge in [0.1, 0.15) is 42.3 Å². The van der Waals surface area contributed by atoms with E-state index >= 15 is 0 Å². The van der Waals surface area contributed by atoms with E-state index in [0.29, 0.717) is 5.56 Å². The van der Waals surface area contributed by atoms with Gasteiger partial charge < -0.3 is 74.2 Å². The number of hydrogen-bond donors (Lipinski definition) is 14. The van der Waals surface area contributed by atoms with Crippen LogP contribution in [0.5, 0.6) is 0 Å². The molecule has 0 aliphatic carbocycles. The van der Waals surface area contributed by atoms with Gasteiger partial charge in [-0.3, -0.25) is 47.9 Å². The zero-order valence-corrected chi connectivity index (χ0v) is 30.9. The third kappa shape index (κ3) is 17.4. The molecule has 0 unspecified atom stereocenters. The molecule has 0 saturated carbocycles. The van der Waals surface area contributed by atoms with Crippen molar-refractivity contribution >= 4 is 59.1 Å². The number of nitrogens with two attached hydrogens (primary N) is 2. The molecule has 0 bridgehead atoms. The lowest BCUT2D eigenvalue weighted by molar-refractivity contribution is -0.139. The van der Waals surface area contributed by atoms with Crippen molar-refractivity contribution in [2.24, 2.45) is 11.5 Å². The number of carbonyl (C=O) groups excluding carboxylic acids is 9. The van der Waals surface area contributed by atoms with Gasteiger partial charge in [-0.05, 0) is 18.9 Å². The van der Waals surface area contributed by atoms with Crippen LogP contribution in [0, 0.1) is 0 Å². The first-order chi connectivity index (χ1) is 26.7. The smallest absolute Gasteiger partial charge is 0.303 e. The fraction of sp³-hybridized carbons (Fsp3) is 0.515. The van der Waals surface area contributed by atoms with Crippen molar-refractivity contribution in [2.45, 2.75) is 87.9 Å².